The number of nitrogens with zero attached hydrogens (tertiary/aromatic N) is 5. The number of pyridine rings is 1. The van der Waals surface area contributed by atoms with Crippen LogP contribution in [-0.4, -0.2) is 67.2 Å². The van der Waals surface area contributed by atoms with Crippen LogP contribution in [0.2, 0.25) is 0 Å². The zero-order chi connectivity index (χ0) is 25.6. The van der Waals surface area contributed by atoms with Crippen molar-refractivity contribution in [2.45, 2.75) is 24.9 Å². The number of imidazole rings is 1. The molecule has 4 N–H and O–H groups in total. The Morgan fingerprint density at radius 3 is 2.92 bits per heavy atom. The first-order valence-electron chi connectivity index (χ1n) is 10.8. The molecule has 3 aromatic rings. The van der Waals surface area contributed by atoms with Gasteiger partial charge in [-0.15, -0.1) is 23.1 Å². The van der Waals surface area contributed by atoms with Crippen molar-refractivity contribution in [3.8, 4) is 0 Å². The minimum atomic E-state index is -1.19. The number of hydrogen-bond donors (Lipinski definition) is 3. The van der Waals surface area contributed by atoms with Gasteiger partial charge in [0.1, 0.15) is 54.5 Å². The Hall–Kier alpha value is -3.91. The molecule has 1 fully saturated rings. The summed E-state index contributed by atoms with van der Waals surface area (Å²) in [4.78, 5) is 48.2. The number of oxime groups is 1. The molecule has 36 heavy (non-hydrogen) atoms. The number of nitrogens with one attached hydrogen (secondary N) is 1. The maximum absolute atomic E-state index is 13.1. The number of carboxylic acid groups (broad SMARTS) is 1. The van der Waals surface area contributed by atoms with Gasteiger partial charge in [-0.05, 0) is 13.0 Å². The topological polar surface area (TPSA) is 156 Å². The molecule has 2 aliphatic rings. The van der Waals surface area contributed by atoms with Gasteiger partial charge in [0.05, 0.1) is 0 Å². The van der Waals surface area contributed by atoms with E-state index in [-0.39, 0.29) is 22.2 Å². The number of carbonyl (C=O) groups is 3. The molecular weight excluding hydrogens is 506 g/mol. The summed E-state index contributed by atoms with van der Waals surface area (Å²) in [6.45, 7) is 2.30. The third-order valence-corrected chi connectivity index (χ3v) is 7.97. The number of nitrogen functional groups attached to an aromatic ring is 1. The van der Waals surface area contributed by atoms with E-state index in [4.69, 9.17) is 10.6 Å². The Kier molecular flexibility index (Phi) is 6.14. The zero-order valence-corrected chi connectivity index (χ0v) is 20.9. The Labute approximate surface area is 213 Å². The lowest BCUT2D eigenvalue weighted by Gasteiger charge is -2.49. The summed E-state index contributed by atoms with van der Waals surface area (Å²) in [5.74, 6) is -1.97. The number of hydrogen-bond acceptors (Lipinski definition) is 9. The number of thioether (sulfide) groups is 1. The van der Waals surface area contributed by atoms with Gasteiger partial charge >= 0.3 is 5.97 Å². The number of β-lactam (4-membered cyclic amide) rings is 1. The van der Waals surface area contributed by atoms with Gasteiger partial charge in [0.2, 0.25) is 0 Å². The highest BCUT2D eigenvalue weighted by Gasteiger charge is 2.54. The average Bonchev–Trinajstić information content (AvgIpc) is 3.47. The van der Waals surface area contributed by atoms with Gasteiger partial charge in [0, 0.05) is 22.8 Å². The smallest absolute Gasteiger partial charge is 0.352 e. The molecule has 2 atom stereocenters. The van der Waals surface area contributed by atoms with Gasteiger partial charge in [-0.25, -0.2) is 18.7 Å². The van der Waals surface area contributed by atoms with Crippen molar-refractivity contribution in [3.05, 3.63) is 58.6 Å². The molecule has 3 aromatic heterocycles. The van der Waals surface area contributed by atoms with Gasteiger partial charge in [-0.1, -0.05) is 11.2 Å². The number of aromatic nitrogens is 3. The fourth-order valence-corrected chi connectivity index (χ4v) is 6.20. The molecule has 14 heteroatoms. The molecule has 0 unspecified atom stereocenters. The summed E-state index contributed by atoms with van der Waals surface area (Å²) in [5, 5.41) is 17.6. The third kappa shape index (κ3) is 3.97. The Bertz CT molecular complexity index is 1460. The van der Waals surface area contributed by atoms with Crippen molar-refractivity contribution >= 4 is 57.4 Å². The van der Waals surface area contributed by atoms with E-state index in [1.807, 2.05) is 46.5 Å². The van der Waals surface area contributed by atoms with Crippen molar-refractivity contribution in [1.82, 2.24) is 19.6 Å². The maximum Gasteiger partial charge on any atom is 0.352 e. The fraction of sp³-hybridized carbons (Fsp3) is 0.273. The van der Waals surface area contributed by atoms with E-state index < -0.39 is 29.2 Å². The second kappa shape index (κ2) is 9.28. The number of aryl methyl sites for hydroxylation is 1. The fourth-order valence-electron chi connectivity index (χ4n) is 4.31. The third-order valence-electron chi connectivity index (χ3n) is 5.96. The number of anilines is 1. The monoisotopic (exact) mass is 528 g/mol. The lowest BCUT2D eigenvalue weighted by atomic mass is 10.0. The summed E-state index contributed by atoms with van der Waals surface area (Å²) in [7, 11) is 1.29. The normalized spacial score (nSPS) is 19.8. The van der Waals surface area contributed by atoms with Gasteiger partial charge < -0.3 is 21.0 Å². The van der Waals surface area contributed by atoms with Crippen LogP contribution in [0.15, 0.2) is 52.4 Å². The quantitative estimate of drug-likeness (QED) is 0.172. The number of carboxylic acids is 1. The number of thiazole rings is 1. The molecule has 5 heterocycles. The van der Waals surface area contributed by atoms with Gasteiger partial charge in [-0.2, -0.15) is 0 Å². The van der Waals surface area contributed by atoms with Crippen LogP contribution in [0.3, 0.4) is 0 Å². The first kappa shape index (κ1) is 23.8. The number of rotatable bonds is 7. The average molecular weight is 529 g/mol. The van der Waals surface area contributed by atoms with Crippen LogP contribution in [0.5, 0.6) is 0 Å². The van der Waals surface area contributed by atoms with Crippen molar-refractivity contribution in [3.63, 3.8) is 0 Å². The van der Waals surface area contributed by atoms with Crippen molar-refractivity contribution in [2.75, 3.05) is 18.6 Å². The Morgan fingerprint density at radius 1 is 1.42 bits per heavy atom. The van der Waals surface area contributed by atoms with Crippen LogP contribution in [-0.2, 0) is 25.8 Å². The molecule has 2 amide bonds. The predicted molar refractivity (Wildman–Crippen MR) is 132 cm³/mol. The predicted octanol–water partition coefficient (Wildman–Crippen LogP) is 0.363. The SMILES string of the molecule is CO/N=C(\C(=O)N[C@@H]1C(=O)N2C(C(=O)O)=C(C[n+]3ccn4c(C)cccc43)CS[C@@H]12)c1csc(N)n1. The molecule has 0 aliphatic carbocycles. The molecule has 0 bridgehead atoms. The summed E-state index contributed by atoms with van der Waals surface area (Å²) in [6.07, 6.45) is 3.80. The van der Waals surface area contributed by atoms with Gasteiger partial charge in [-0.3, -0.25) is 14.5 Å². The van der Waals surface area contributed by atoms with E-state index >= 15 is 0 Å². The lowest BCUT2D eigenvalue weighted by molar-refractivity contribution is -0.662. The highest BCUT2D eigenvalue weighted by atomic mass is 32.2. The standard InChI is InChI=1S/C22H21N7O5S2/c1-11-4-3-5-14-27(6-7-28(11)14)8-12-9-35-20-16(19(31)29(20)17(12)21(32)33)25-18(30)15(26-34-2)13-10-36-22(23)24-13/h3-7,10,16,20H,8-9H2,1-2H3,(H3-,23,24,25,30,32,33)/p+1/b26-15-/t16-,20+/m1/s1. The van der Waals surface area contributed by atoms with E-state index in [0.29, 0.717) is 17.9 Å². The largest absolute Gasteiger partial charge is 0.477 e. The molecule has 0 saturated carbocycles. The zero-order valence-electron chi connectivity index (χ0n) is 19.2. The lowest BCUT2D eigenvalue weighted by Crippen LogP contribution is -2.71. The van der Waals surface area contributed by atoms with Gasteiger partial charge in [0.25, 0.3) is 17.5 Å². The number of carbonyl (C=O) groups excluding carboxylic acids is 2. The highest BCUT2D eigenvalue weighted by Crippen LogP contribution is 2.40. The van der Waals surface area contributed by atoms with Crippen LogP contribution in [0.4, 0.5) is 5.13 Å². The van der Waals surface area contributed by atoms with E-state index in [1.165, 1.54) is 23.8 Å². The first-order valence-corrected chi connectivity index (χ1v) is 12.7. The minimum absolute atomic E-state index is 0.0493. The number of amides is 2. The molecular formula is C22H22N7O5S2+. The van der Waals surface area contributed by atoms with Crippen LogP contribution >= 0.6 is 23.1 Å². The van der Waals surface area contributed by atoms with Gasteiger partial charge in [0.15, 0.2) is 10.8 Å². The number of fused-ring (bicyclic) bond motifs is 2. The summed E-state index contributed by atoms with van der Waals surface area (Å²) in [5.41, 5.74) is 8.27. The summed E-state index contributed by atoms with van der Waals surface area (Å²) >= 11 is 2.53. The van der Waals surface area contributed by atoms with Crippen molar-refractivity contribution < 1.29 is 28.9 Å². The molecule has 0 radical (unpaired) electrons. The number of nitrogens with two attached hydrogens (primary N) is 1. The van der Waals surface area contributed by atoms with E-state index in [9.17, 15) is 19.5 Å². The Balaban J connectivity index is 1.38. The first-order chi connectivity index (χ1) is 17.3. The molecule has 0 spiro atoms. The minimum Gasteiger partial charge on any atom is -0.477 e. The van der Waals surface area contributed by atoms with E-state index in [1.54, 1.807) is 5.38 Å². The van der Waals surface area contributed by atoms with E-state index in [2.05, 4.69) is 15.5 Å². The second-order valence-corrected chi connectivity index (χ2v) is 10.1. The Morgan fingerprint density at radius 2 is 2.22 bits per heavy atom. The van der Waals surface area contributed by atoms with Crippen LogP contribution in [0, 0.1) is 6.92 Å². The van der Waals surface area contributed by atoms with E-state index in [0.717, 1.165) is 22.7 Å². The number of aliphatic carboxylic acids is 1. The van der Waals surface area contributed by atoms with Crippen LogP contribution < -0.4 is 15.6 Å². The summed E-state index contributed by atoms with van der Waals surface area (Å²) < 4.78 is 3.96. The second-order valence-electron chi connectivity index (χ2n) is 8.13. The van der Waals surface area contributed by atoms with Crippen molar-refractivity contribution in [2.24, 2.45) is 5.16 Å². The van der Waals surface area contributed by atoms with Crippen LogP contribution in [0.25, 0.3) is 5.65 Å². The summed E-state index contributed by atoms with van der Waals surface area (Å²) in [6, 6.07) is 4.95. The highest BCUT2D eigenvalue weighted by molar-refractivity contribution is 8.00. The molecule has 2 aliphatic heterocycles. The molecule has 1 saturated heterocycles. The van der Waals surface area contributed by atoms with Crippen LogP contribution in [0.1, 0.15) is 11.4 Å². The maximum atomic E-state index is 13.1. The van der Waals surface area contributed by atoms with Crippen molar-refractivity contribution in [1.29, 1.82) is 0 Å². The molecule has 5 rings (SSSR count). The molecule has 0 aromatic carbocycles. The molecule has 186 valence electrons. The molecule has 12 nitrogen and oxygen atoms in total.